The first-order chi connectivity index (χ1) is 18.2. The molecule has 2 heterocycles. The first-order valence-corrected chi connectivity index (χ1v) is 13.6. The van der Waals surface area contributed by atoms with Crippen LogP contribution < -0.4 is 21.3 Å². The number of carboxylic acid groups (broad SMARTS) is 1. The molecule has 1 fully saturated rings. The second-order valence-electron chi connectivity index (χ2n) is 8.96. The molecule has 12 nitrogen and oxygen atoms in total. The van der Waals surface area contributed by atoms with Crippen LogP contribution in [-0.4, -0.2) is 60.1 Å². The summed E-state index contributed by atoms with van der Waals surface area (Å²) < 4.78 is 27.8. The summed E-state index contributed by atoms with van der Waals surface area (Å²) >= 11 is 0. The van der Waals surface area contributed by atoms with Crippen LogP contribution in [0.1, 0.15) is 25.0 Å². The molecule has 3 atom stereocenters. The Labute approximate surface area is 220 Å². The zero-order valence-corrected chi connectivity index (χ0v) is 21.3. The lowest BCUT2D eigenvalue weighted by atomic mass is 10.0. The molecular formula is C25H30N6O6S. The molecule has 0 aliphatic carbocycles. The topological polar surface area (TPSA) is 189 Å². The van der Waals surface area contributed by atoms with Crippen molar-refractivity contribution in [2.24, 2.45) is 0 Å². The van der Waals surface area contributed by atoms with Crippen molar-refractivity contribution in [3.8, 4) is 11.1 Å². The average molecular weight is 543 g/mol. The standard InChI is InChI=1S/C25H30N6O6S/c26-25-28-14-18(29-25)7-4-8-19-13-21(30-37-19)23(32)27-15-22(24(33)34)31-38(35,36)20-11-9-17(10-12-20)16-5-2-1-3-6-16/h1-3,5-6,9-12,14,19,21-22,30-31H,4,7-8,13,15H2,(H,27,32)(H,33,34)(H3,26,28,29). The van der Waals surface area contributed by atoms with Gasteiger partial charge in [-0.1, -0.05) is 42.5 Å². The number of hydrogen-bond acceptors (Lipinski definition) is 8. The summed E-state index contributed by atoms with van der Waals surface area (Å²) in [5, 5.41) is 12.1. The van der Waals surface area contributed by atoms with Crippen molar-refractivity contribution in [1.29, 1.82) is 0 Å². The summed E-state index contributed by atoms with van der Waals surface area (Å²) in [4.78, 5) is 36.7. The molecule has 0 saturated carbocycles. The molecule has 7 N–H and O–H groups in total. The number of anilines is 1. The van der Waals surface area contributed by atoms with Crippen LogP contribution in [0.3, 0.4) is 0 Å². The number of rotatable bonds is 12. The van der Waals surface area contributed by atoms with E-state index in [4.69, 9.17) is 10.6 Å². The SMILES string of the molecule is Nc1nc(CCCC2CC(C(=O)NCC(NS(=O)(=O)c3ccc(-c4ccccc4)cc3)C(=O)O)NO2)c[nH]1. The van der Waals surface area contributed by atoms with E-state index in [1.54, 1.807) is 18.3 Å². The van der Waals surface area contributed by atoms with Gasteiger partial charge in [0.15, 0.2) is 5.95 Å². The summed E-state index contributed by atoms with van der Waals surface area (Å²) in [6, 6.07) is 13.3. The Balaban J connectivity index is 1.26. The van der Waals surface area contributed by atoms with Gasteiger partial charge in [0.05, 0.1) is 16.7 Å². The molecule has 0 bridgehead atoms. The van der Waals surface area contributed by atoms with E-state index in [1.165, 1.54) is 12.1 Å². The lowest BCUT2D eigenvalue weighted by Crippen LogP contribution is -2.51. The zero-order chi connectivity index (χ0) is 27.1. The molecule has 202 valence electrons. The van der Waals surface area contributed by atoms with Gasteiger partial charge in [0.1, 0.15) is 12.1 Å². The number of sulfonamides is 1. The predicted molar refractivity (Wildman–Crippen MR) is 139 cm³/mol. The van der Waals surface area contributed by atoms with Gasteiger partial charge in [-0.3, -0.25) is 14.4 Å². The third kappa shape index (κ3) is 7.16. The Hall–Kier alpha value is -3.78. The van der Waals surface area contributed by atoms with Crippen LogP contribution in [0, 0.1) is 0 Å². The summed E-state index contributed by atoms with van der Waals surface area (Å²) in [5.74, 6) is -1.54. The van der Waals surface area contributed by atoms with E-state index in [9.17, 15) is 23.1 Å². The van der Waals surface area contributed by atoms with E-state index in [0.717, 1.165) is 23.2 Å². The summed E-state index contributed by atoms with van der Waals surface area (Å²) in [5.41, 5.74) is 10.8. The van der Waals surface area contributed by atoms with E-state index in [2.05, 4.69) is 25.5 Å². The first-order valence-electron chi connectivity index (χ1n) is 12.1. The quantitative estimate of drug-likeness (QED) is 0.195. The van der Waals surface area contributed by atoms with Crippen molar-refractivity contribution in [2.45, 2.75) is 48.8 Å². The molecule has 1 aromatic heterocycles. The number of aliphatic carboxylic acids is 1. The number of hydrogen-bond donors (Lipinski definition) is 6. The highest BCUT2D eigenvalue weighted by atomic mass is 32.2. The van der Waals surface area contributed by atoms with Crippen molar-refractivity contribution in [2.75, 3.05) is 12.3 Å². The molecule has 2 aromatic carbocycles. The smallest absolute Gasteiger partial charge is 0.323 e. The highest BCUT2D eigenvalue weighted by molar-refractivity contribution is 7.89. The molecule has 1 saturated heterocycles. The molecule has 1 amide bonds. The third-order valence-electron chi connectivity index (χ3n) is 6.15. The number of amides is 1. The van der Waals surface area contributed by atoms with Gasteiger partial charge in [0.2, 0.25) is 15.9 Å². The van der Waals surface area contributed by atoms with Crippen LogP contribution >= 0.6 is 0 Å². The number of imidazole rings is 1. The normalized spacial score (nSPS) is 18.2. The fourth-order valence-electron chi connectivity index (χ4n) is 4.11. The molecule has 0 spiro atoms. The van der Waals surface area contributed by atoms with Gasteiger partial charge in [0.25, 0.3) is 0 Å². The molecular weight excluding hydrogens is 512 g/mol. The molecule has 13 heteroatoms. The highest BCUT2D eigenvalue weighted by Crippen LogP contribution is 2.21. The minimum absolute atomic E-state index is 0.0824. The minimum atomic E-state index is -4.15. The first kappa shape index (κ1) is 27.3. The van der Waals surface area contributed by atoms with E-state index < -0.39 is 40.5 Å². The molecule has 38 heavy (non-hydrogen) atoms. The van der Waals surface area contributed by atoms with E-state index >= 15 is 0 Å². The summed E-state index contributed by atoms with van der Waals surface area (Å²) in [6.45, 7) is -0.432. The fraction of sp³-hybridized carbons (Fsp3) is 0.320. The Kier molecular flexibility index (Phi) is 8.73. The molecule has 1 aliphatic heterocycles. The van der Waals surface area contributed by atoms with Crippen LogP contribution in [0.4, 0.5) is 5.95 Å². The maximum atomic E-state index is 12.8. The van der Waals surface area contributed by atoms with Gasteiger partial charge in [-0.05, 0) is 42.5 Å². The number of carboxylic acids is 1. The molecule has 3 aromatic rings. The third-order valence-corrected chi connectivity index (χ3v) is 7.64. The molecule has 0 radical (unpaired) electrons. The largest absolute Gasteiger partial charge is 0.480 e. The van der Waals surface area contributed by atoms with Gasteiger partial charge in [-0.25, -0.2) is 13.4 Å². The van der Waals surface area contributed by atoms with Crippen LogP contribution in [0.15, 0.2) is 65.7 Å². The lowest BCUT2D eigenvalue weighted by molar-refractivity contribution is -0.139. The van der Waals surface area contributed by atoms with Crippen molar-refractivity contribution in [3.63, 3.8) is 0 Å². The fourth-order valence-corrected chi connectivity index (χ4v) is 5.30. The number of carbonyl (C=O) groups is 2. The van der Waals surface area contributed by atoms with Crippen molar-refractivity contribution >= 4 is 27.8 Å². The monoisotopic (exact) mass is 542 g/mol. The van der Waals surface area contributed by atoms with E-state index in [1.807, 2.05) is 30.3 Å². The Morgan fingerprint density at radius 1 is 1.13 bits per heavy atom. The maximum Gasteiger partial charge on any atom is 0.323 e. The number of aromatic amines is 1. The number of H-pyrrole nitrogens is 1. The number of aryl methyl sites for hydroxylation is 1. The number of nitrogen functional groups attached to an aromatic ring is 1. The second kappa shape index (κ2) is 12.2. The molecule has 3 unspecified atom stereocenters. The summed E-state index contributed by atoms with van der Waals surface area (Å²) in [6.07, 6.45) is 4.11. The van der Waals surface area contributed by atoms with E-state index in [-0.39, 0.29) is 11.0 Å². The van der Waals surface area contributed by atoms with Gasteiger partial charge < -0.3 is 21.1 Å². The highest BCUT2D eigenvalue weighted by Gasteiger charge is 2.32. The number of carbonyl (C=O) groups excluding carboxylic acids is 1. The van der Waals surface area contributed by atoms with Crippen molar-refractivity contribution < 1.29 is 28.0 Å². The molecule has 1 aliphatic rings. The van der Waals surface area contributed by atoms with Gasteiger partial charge in [-0.15, -0.1) is 0 Å². The Morgan fingerprint density at radius 3 is 2.50 bits per heavy atom. The van der Waals surface area contributed by atoms with Gasteiger partial charge in [-0.2, -0.15) is 10.2 Å². The Bertz CT molecular complexity index is 1350. The summed E-state index contributed by atoms with van der Waals surface area (Å²) in [7, 11) is -4.15. The molecule has 4 rings (SSSR count). The minimum Gasteiger partial charge on any atom is -0.480 e. The number of hydroxylamine groups is 1. The van der Waals surface area contributed by atoms with Crippen LogP contribution in [0.5, 0.6) is 0 Å². The number of benzene rings is 2. The lowest BCUT2D eigenvalue weighted by Gasteiger charge is -2.17. The zero-order valence-electron chi connectivity index (χ0n) is 20.5. The van der Waals surface area contributed by atoms with Gasteiger partial charge >= 0.3 is 5.97 Å². The van der Waals surface area contributed by atoms with E-state index in [0.29, 0.717) is 25.2 Å². The second-order valence-corrected chi connectivity index (χ2v) is 10.7. The average Bonchev–Trinajstić information content (AvgIpc) is 3.56. The van der Waals surface area contributed by atoms with Crippen molar-refractivity contribution in [3.05, 3.63) is 66.5 Å². The van der Waals surface area contributed by atoms with Gasteiger partial charge in [0, 0.05) is 19.2 Å². The number of nitrogens with two attached hydrogens (primary N) is 1. The number of aromatic nitrogens is 2. The predicted octanol–water partition coefficient (Wildman–Crippen LogP) is 1.19. The van der Waals surface area contributed by atoms with Crippen LogP contribution in [0.2, 0.25) is 0 Å². The van der Waals surface area contributed by atoms with Crippen LogP contribution in [0.25, 0.3) is 11.1 Å². The Morgan fingerprint density at radius 2 is 1.84 bits per heavy atom. The van der Waals surface area contributed by atoms with Crippen molar-refractivity contribution in [1.82, 2.24) is 25.5 Å². The number of nitrogens with one attached hydrogen (secondary N) is 4. The maximum absolute atomic E-state index is 12.8. The van der Waals surface area contributed by atoms with Crippen LogP contribution in [-0.2, 0) is 30.9 Å². The number of nitrogens with zero attached hydrogens (tertiary/aromatic N) is 1.